The summed E-state index contributed by atoms with van der Waals surface area (Å²) in [4.78, 5) is 42.1. The Kier molecular flexibility index (Phi) is 7.11. The van der Waals surface area contributed by atoms with E-state index >= 15 is 0 Å². The highest BCUT2D eigenvalue weighted by Crippen LogP contribution is 2.22. The zero-order valence-corrected chi connectivity index (χ0v) is 17.1. The lowest BCUT2D eigenvalue weighted by Crippen LogP contribution is -2.42. The molecule has 0 bridgehead atoms. The van der Waals surface area contributed by atoms with Gasteiger partial charge in [-0.25, -0.2) is 19.0 Å². The first-order valence-electron chi connectivity index (χ1n) is 9.38. The standard InChI is InChI=1S/C20H21FN2O6S/c1-2-28-20(27)18-22-13(11-30-18)10-29-19(26)16-8-14(24)9-23(16)17(25)7-12-5-3-4-6-15(12)21/h3-6,11,14,16,24H,2,7-10H2,1H3. The molecular formula is C20H21FN2O6S. The van der Waals surface area contributed by atoms with Gasteiger partial charge in [-0.05, 0) is 18.6 Å². The van der Waals surface area contributed by atoms with Crippen LogP contribution >= 0.6 is 11.3 Å². The van der Waals surface area contributed by atoms with E-state index in [0.717, 1.165) is 11.3 Å². The van der Waals surface area contributed by atoms with Crippen molar-refractivity contribution in [2.45, 2.75) is 38.5 Å². The Labute approximate surface area is 176 Å². The number of β-amino-alcohol motifs (C(OH)–C–C–N with tert-alkyl or cyclic N) is 1. The van der Waals surface area contributed by atoms with E-state index < -0.39 is 35.8 Å². The van der Waals surface area contributed by atoms with Crippen LogP contribution in [0.3, 0.4) is 0 Å². The van der Waals surface area contributed by atoms with Crippen molar-refractivity contribution in [2.75, 3.05) is 13.2 Å². The molecule has 1 aliphatic rings. The number of hydrogen-bond acceptors (Lipinski definition) is 8. The largest absolute Gasteiger partial charge is 0.461 e. The van der Waals surface area contributed by atoms with E-state index in [9.17, 15) is 23.9 Å². The number of aliphatic hydroxyl groups is 1. The van der Waals surface area contributed by atoms with Crippen LogP contribution in [0.25, 0.3) is 0 Å². The Morgan fingerprint density at radius 1 is 1.30 bits per heavy atom. The van der Waals surface area contributed by atoms with Gasteiger partial charge in [-0.15, -0.1) is 11.3 Å². The number of aromatic nitrogens is 1. The summed E-state index contributed by atoms with van der Waals surface area (Å²) in [7, 11) is 0. The van der Waals surface area contributed by atoms with E-state index in [-0.39, 0.29) is 43.2 Å². The monoisotopic (exact) mass is 436 g/mol. The van der Waals surface area contributed by atoms with E-state index in [1.807, 2.05) is 0 Å². The zero-order chi connectivity index (χ0) is 21.7. The second-order valence-electron chi connectivity index (χ2n) is 6.69. The number of halogens is 1. The third-order valence-corrected chi connectivity index (χ3v) is 5.41. The molecule has 10 heteroatoms. The lowest BCUT2D eigenvalue weighted by molar-refractivity contribution is -0.154. The van der Waals surface area contributed by atoms with Crippen LogP contribution in [0, 0.1) is 5.82 Å². The third-order valence-electron chi connectivity index (χ3n) is 4.54. The van der Waals surface area contributed by atoms with Crippen LogP contribution in [-0.4, -0.2) is 58.1 Å². The molecule has 0 saturated carbocycles. The van der Waals surface area contributed by atoms with Crippen molar-refractivity contribution in [3.05, 3.63) is 51.7 Å². The highest BCUT2D eigenvalue weighted by Gasteiger charge is 2.40. The number of amides is 1. The Morgan fingerprint density at radius 3 is 2.80 bits per heavy atom. The maximum Gasteiger partial charge on any atom is 0.367 e. The minimum absolute atomic E-state index is 0.0310. The molecule has 1 aromatic heterocycles. The molecule has 8 nitrogen and oxygen atoms in total. The van der Waals surface area contributed by atoms with Crippen molar-refractivity contribution >= 4 is 29.2 Å². The fourth-order valence-corrected chi connectivity index (χ4v) is 3.81. The summed E-state index contributed by atoms with van der Waals surface area (Å²) in [6.07, 6.45) is -1.06. The van der Waals surface area contributed by atoms with Crippen molar-refractivity contribution in [1.82, 2.24) is 9.88 Å². The number of esters is 2. The summed E-state index contributed by atoms with van der Waals surface area (Å²) >= 11 is 1.07. The number of nitrogens with zero attached hydrogens (tertiary/aromatic N) is 2. The summed E-state index contributed by atoms with van der Waals surface area (Å²) in [6, 6.07) is 4.92. The number of benzene rings is 1. The first kappa shape index (κ1) is 21.8. The summed E-state index contributed by atoms with van der Waals surface area (Å²) in [6.45, 7) is 1.69. The van der Waals surface area contributed by atoms with Crippen LogP contribution < -0.4 is 0 Å². The summed E-state index contributed by atoms with van der Waals surface area (Å²) in [5, 5.41) is 11.7. The maximum atomic E-state index is 13.8. The molecule has 0 spiro atoms. The molecule has 1 amide bonds. The molecule has 160 valence electrons. The number of rotatable bonds is 7. The van der Waals surface area contributed by atoms with Crippen LogP contribution in [0.1, 0.15) is 34.4 Å². The normalized spacial score (nSPS) is 18.3. The van der Waals surface area contributed by atoms with E-state index in [1.165, 1.54) is 23.1 Å². The quantitative estimate of drug-likeness (QED) is 0.659. The van der Waals surface area contributed by atoms with Gasteiger partial charge in [0.05, 0.1) is 24.8 Å². The fraction of sp³-hybridized carbons (Fsp3) is 0.400. The summed E-state index contributed by atoms with van der Waals surface area (Å²) < 4.78 is 23.9. The van der Waals surface area contributed by atoms with Gasteiger partial charge < -0.3 is 19.5 Å². The summed E-state index contributed by atoms with van der Waals surface area (Å²) in [5.41, 5.74) is 0.587. The summed E-state index contributed by atoms with van der Waals surface area (Å²) in [5.74, 6) is -2.23. The SMILES string of the molecule is CCOC(=O)c1nc(COC(=O)C2CC(O)CN2C(=O)Cc2ccccc2F)cs1. The first-order valence-corrected chi connectivity index (χ1v) is 10.3. The molecule has 2 unspecified atom stereocenters. The molecule has 1 aromatic carbocycles. The highest BCUT2D eigenvalue weighted by atomic mass is 32.1. The Morgan fingerprint density at radius 2 is 2.07 bits per heavy atom. The molecule has 2 atom stereocenters. The molecular weight excluding hydrogens is 415 g/mol. The highest BCUT2D eigenvalue weighted by molar-refractivity contribution is 7.11. The number of aliphatic hydroxyl groups excluding tert-OH is 1. The van der Waals surface area contributed by atoms with Crippen LogP contribution in [0.5, 0.6) is 0 Å². The van der Waals surface area contributed by atoms with Crippen LogP contribution in [0.15, 0.2) is 29.6 Å². The van der Waals surface area contributed by atoms with E-state index in [2.05, 4.69) is 4.98 Å². The second-order valence-corrected chi connectivity index (χ2v) is 7.55. The maximum absolute atomic E-state index is 13.8. The lowest BCUT2D eigenvalue weighted by atomic mass is 10.1. The topological polar surface area (TPSA) is 106 Å². The fourth-order valence-electron chi connectivity index (χ4n) is 3.12. The van der Waals surface area contributed by atoms with E-state index in [4.69, 9.17) is 9.47 Å². The van der Waals surface area contributed by atoms with E-state index in [0.29, 0.717) is 5.69 Å². The van der Waals surface area contributed by atoms with Gasteiger partial charge in [0.2, 0.25) is 10.9 Å². The van der Waals surface area contributed by atoms with Gasteiger partial charge in [-0.1, -0.05) is 18.2 Å². The van der Waals surface area contributed by atoms with Crippen molar-refractivity contribution in [1.29, 1.82) is 0 Å². The van der Waals surface area contributed by atoms with Gasteiger partial charge in [0.15, 0.2) is 0 Å². The molecule has 1 N–H and O–H groups in total. The molecule has 1 saturated heterocycles. The molecule has 0 aliphatic carbocycles. The van der Waals surface area contributed by atoms with Crippen molar-refractivity contribution in [3.63, 3.8) is 0 Å². The Balaban J connectivity index is 1.60. The van der Waals surface area contributed by atoms with Gasteiger partial charge >= 0.3 is 11.9 Å². The molecule has 0 radical (unpaired) electrons. The molecule has 2 heterocycles. The van der Waals surface area contributed by atoms with Crippen LogP contribution in [0.4, 0.5) is 4.39 Å². The predicted octanol–water partition coefficient (Wildman–Crippen LogP) is 1.71. The number of ether oxygens (including phenoxy) is 2. The van der Waals surface area contributed by atoms with Crippen molar-refractivity contribution in [3.8, 4) is 0 Å². The molecule has 1 aliphatic heterocycles. The van der Waals surface area contributed by atoms with E-state index in [1.54, 1.807) is 18.4 Å². The third kappa shape index (κ3) is 5.19. The molecule has 3 rings (SSSR count). The van der Waals surface area contributed by atoms with Crippen LogP contribution in [0.2, 0.25) is 0 Å². The molecule has 30 heavy (non-hydrogen) atoms. The van der Waals surface area contributed by atoms with Crippen molar-refractivity contribution in [2.24, 2.45) is 0 Å². The smallest absolute Gasteiger partial charge is 0.367 e. The lowest BCUT2D eigenvalue weighted by Gasteiger charge is -2.23. The molecule has 2 aromatic rings. The molecule has 1 fully saturated rings. The number of thiazole rings is 1. The van der Waals surface area contributed by atoms with Gasteiger partial charge in [0, 0.05) is 18.3 Å². The number of carbonyl (C=O) groups is 3. The number of carbonyl (C=O) groups excluding carboxylic acids is 3. The number of hydrogen-bond donors (Lipinski definition) is 1. The van der Waals surface area contributed by atoms with Gasteiger partial charge in [-0.3, -0.25) is 4.79 Å². The number of likely N-dealkylation sites (tertiary alicyclic amines) is 1. The average Bonchev–Trinajstić information content (AvgIpc) is 3.35. The van der Waals surface area contributed by atoms with Crippen LogP contribution in [-0.2, 0) is 32.1 Å². The van der Waals surface area contributed by atoms with Gasteiger partial charge in [0.25, 0.3) is 0 Å². The Bertz CT molecular complexity index is 934. The predicted molar refractivity (Wildman–Crippen MR) is 104 cm³/mol. The average molecular weight is 436 g/mol. The zero-order valence-electron chi connectivity index (χ0n) is 16.2. The minimum Gasteiger partial charge on any atom is -0.461 e. The second kappa shape index (κ2) is 9.77. The first-order chi connectivity index (χ1) is 14.4. The Hall–Kier alpha value is -2.85. The minimum atomic E-state index is -0.970. The van der Waals surface area contributed by atoms with Gasteiger partial charge in [-0.2, -0.15) is 0 Å². The van der Waals surface area contributed by atoms with Crippen molar-refractivity contribution < 1.29 is 33.4 Å². The van der Waals surface area contributed by atoms with Gasteiger partial charge in [0.1, 0.15) is 18.5 Å².